The summed E-state index contributed by atoms with van der Waals surface area (Å²) < 4.78 is 47.9. The molecular weight excluding hydrogens is 569 g/mol. The van der Waals surface area contributed by atoms with Gasteiger partial charge in [0.1, 0.15) is 24.2 Å². The molecule has 0 aromatic heterocycles. The van der Waals surface area contributed by atoms with Crippen LogP contribution in [0.5, 0.6) is 5.75 Å². The van der Waals surface area contributed by atoms with Crippen LogP contribution in [0.25, 0.3) is 0 Å². The topological polar surface area (TPSA) is 96.0 Å². The van der Waals surface area contributed by atoms with Gasteiger partial charge in [0.2, 0.25) is 11.8 Å². The Balaban J connectivity index is 2.08. The lowest BCUT2D eigenvalue weighted by Gasteiger charge is -2.33. The minimum Gasteiger partial charge on any atom is -0.495 e. The minimum absolute atomic E-state index is 0.0370. The van der Waals surface area contributed by atoms with Gasteiger partial charge < -0.3 is 15.0 Å². The van der Waals surface area contributed by atoms with Gasteiger partial charge in [0.25, 0.3) is 10.0 Å². The Morgan fingerprint density at radius 1 is 1.02 bits per heavy atom. The molecule has 3 rings (SSSR count). The lowest BCUT2D eigenvalue weighted by molar-refractivity contribution is -0.140. The number of nitrogens with one attached hydrogen (secondary N) is 1. The van der Waals surface area contributed by atoms with Gasteiger partial charge in [-0.25, -0.2) is 12.8 Å². The number of rotatable bonds is 14. The van der Waals surface area contributed by atoms with Crippen molar-refractivity contribution in [2.45, 2.75) is 50.6 Å². The van der Waals surface area contributed by atoms with Crippen LogP contribution in [0.2, 0.25) is 5.02 Å². The Kier molecular flexibility index (Phi) is 11.5. The molecule has 1 unspecified atom stereocenters. The molecule has 0 aliphatic heterocycles. The zero-order valence-electron chi connectivity index (χ0n) is 23.3. The van der Waals surface area contributed by atoms with E-state index in [1.54, 1.807) is 31.2 Å². The Hall–Kier alpha value is -3.63. The van der Waals surface area contributed by atoms with E-state index in [4.69, 9.17) is 16.3 Å². The first kappa shape index (κ1) is 31.9. The van der Waals surface area contributed by atoms with E-state index < -0.39 is 34.3 Å². The first-order valence-corrected chi connectivity index (χ1v) is 15.2. The van der Waals surface area contributed by atoms with Gasteiger partial charge in [0.05, 0.1) is 17.7 Å². The van der Waals surface area contributed by atoms with E-state index in [-0.39, 0.29) is 40.2 Å². The number of hydrogen-bond donors (Lipinski definition) is 1. The van der Waals surface area contributed by atoms with Crippen LogP contribution in [0, 0.1) is 5.82 Å². The molecule has 0 spiro atoms. The number of carbonyl (C=O) groups is 2. The number of carbonyl (C=O) groups excluding carboxylic acids is 2. The zero-order valence-corrected chi connectivity index (χ0v) is 24.9. The van der Waals surface area contributed by atoms with Crippen molar-refractivity contribution in [1.29, 1.82) is 0 Å². The normalized spacial score (nSPS) is 11.9. The van der Waals surface area contributed by atoms with Crippen LogP contribution in [-0.4, -0.2) is 51.4 Å². The van der Waals surface area contributed by atoms with E-state index in [1.807, 2.05) is 6.92 Å². The van der Waals surface area contributed by atoms with E-state index in [2.05, 4.69) is 5.32 Å². The average Bonchev–Trinajstić information content (AvgIpc) is 2.97. The molecule has 11 heteroatoms. The van der Waals surface area contributed by atoms with Crippen LogP contribution in [0.4, 0.5) is 10.1 Å². The summed E-state index contributed by atoms with van der Waals surface area (Å²) in [7, 11) is -2.90. The molecule has 3 aromatic carbocycles. The number of anilines is 1. The number of halogens is 2. The molecule has 1 N–H and O–H groups in total. The summed E-state index contributed by atoms with van der Waals surface area (Å²) in [6, 6.07) is 16.9. The number of ether oxygens (including phenoxy) is 1. The van der Waals surface area contributed by atoms with Crippen molar-refractivity contribution in [1.82, 2.24) is 10.2 Å². The lowest BCUT2D eigenvalue weighted by Crippen LogP contribution is -2.52. The van der Waals surface area contributed by atoms with Crippen LogP contribution in [0.15, 0.2) is 77.7 Å². The van der Waals surface area contributed by atoms with Gasteiger partial charge in [-0.05, 0) is 60.9 Å². The highest BCUT2D eigenvalue weighted by Crippen LogP contribution is 2.35. The number of nitrogens with zero attached hydrogens (tertiary/aromatic N) is 2. The monoisotopic (exact) mass is 603 g/mol. The summed E-state index contributed by atoms with van der Waals surface area (Å²) in [5.74, 6) is -1.23. The van der Waals surface area contributed by atoms with Gasteiger partial charge in [0.15, 0.2) is 0 Å². The fourth-order valence-electron chi connectivity index (χ4n) is 4.30. The molecule has 0 fully saturated rings. The molecule has 0 saturated carbocycles. The van der Waals surface area contributed by atoms with Crippen molar-refractivity contribution in [3.63, 3.8) is 0 Å². The molecule has 2 amide bonds. The maximum atomic E-state index is 14.1. The molecule has 0 aliphatic rings. The van der Waals surface area contributed by atoms with Crippen LogP contribution in [-0.2, 0) is 26.2 Å². The number of hydrogen-bond acceptors (Lipinski definition) is 5. The summed E-state index contributed by atoms with van der Waals surface area (Å²) >= 11 is 6.25. The molecule has 3 aromatic rings. The van der Waals surface area contributed by atoms with Crippen LogP contribution in [0.1, 0.15) is 38.7 Å². The standard InChI is InChI=1S/C30H35ClFN3O5S/c1-4-6-18-33-30(37)26(5-2)34(20-22-12-15-24(32)16-13-22)29(36)21-35(27-19-23(31)14-17-28(27)40-3)41(38,39)25-10-8-7-9-11-25/h7-17,19,26H,4-6,18,20-21H2,1-3H3,(H,33,37). The molecule has 0 heterocycles. The third kappa shape index (κ3) is 8.20. The smallest absolute Gasteiger partial charge is 0.264 e. The molecule has 8 nitrogen and oxygen atoms in total. The van der Waals surface area contributed by atoms with E-state index >= 15 is 0 Å². The molecule has 220 valence electrons. The fourth-order valence-corrected chi connectivity index (χ4v) is 5.91. The van der Waals surface area contributed by atoms with Gasteiger partial charge in [-0.15, -0.1) is 0 Å². The quantitative estimate of drug-likeness (QED) is 0.249. The van der Waals surface area contributed by atoms with Gasteiger partial charge in [-0.2, -0.15) is 0 Å². The first-order valence-electron chi connectivity index (χ1n) is 13.3. The predicted molar refractivity (Wildman–Crippen MR) is 158 cm³/mol. The fraction of sp³-hybridized carbons (Fsp3) is 0.333. The zero-order chi connectivity index (χ0) is 30.0. The molecule has 0 aliphatic carbocycles. The Labute approximate surface area is 246 Å². The third-order valence-corrected chi connectivity index (χ3v) is 8.51. The van der Waals surface area contributed by atoms with E-state index in [9.17, 15) is 22.4 Å². The Morgan fingerprint density at radius 2 is 1.71 bits per heavy atom. The van der Waals surface area contributed by atoms with Crippen LogP contribution >= 0.6 is 11.6 Å². The summed E-state index contributed by atoms with van der Waals surface area (Å²) in [4.78, 5) is 28.6. The maximum Gasteiger partial charge on any atom is 0.264 e. The Bertz CT molecular complexity index is 1420. The van der Waals surface area contributed by atoms with Gasteiger partial charge in [0, 0.05) is 18.1 Å². The van der Waals surface area contributed by atoms with Crippen LogP contribution < -0.4 is 14.4 Å². The summed E-state index contributed by atoms with van der Waals surface area (Å²) in [6.45, 7) is 3.53. The van der Waals surface area contributed by atoms with Gasteiger partial charge in [-0.1, -0.05) is 62.2 Å². The summed E-state index contributed by atoms with van der Waals surface area (Å²) in [6.07, 6.45) is 1.92. The highest BCUT2D eigenvalue weighted by atomic mass is 35.5. The van der Waals surface area contributed by atoms with Crippen LogP contribution in [0.3, 0.4) is 0 Å². The SMILES string of the molecule is CCCCNC(=O)C(CC)N(Cc1ccc(F)cc1)C(=O)CN(c1cc(Cl)ccc1OC)S(=O)(=O)c1ccccc1. The molecule has 41 heavy (non-hydrogen) atoms. The predicted octanol–water partition coefficient (Wildman–Crippen LogP) is 5.41. The van der Waals surface area contributed by atoms with Gasteiger partial charge >= 0.3 is 0 Å². The van der Waals surface area contributed by atoms with Gasteiger partial charge in [-0.3, -0.25) is 13.9 Å². The third-order valence-electron chi connectivity index (χ3n) is 6.50. The van der Waals surface area contributed by atoms with E-state index in [1.165, 1.54) is 60.5 Å². The number of benzene rings is 3. The second-order valence-corrected chi connectivity index (χ2v) is 11.7. The van der Waals surface area contributed by atoms with Crippen molar-refractivity contribution in [2.24, 2.45) is 0 Å². The number of amides is 2. The number of sulfonamides is 1. The van der Waals surface area contributed by atoms with Crippen molar-refractivity contribution in [2.75, 3.05) is 24.5 Å². The second-order valence-electron chi connectivity index (χ2n) is 9.36. The minimum atomic E-state index is -4.28. The largest absolute Gasteiger partial charge is 0.495 e. The summed E-state index contributed by atoms with van der Waals surface area (Å²) in [5, 5.41) is 3.11. The Morgan fingerprint density at radius 3 is 2.32 bits per heavy atom. The van der Waals surface area contributed by atoms with E-state index in [0.29, 0.717) is 12.1 Å². The first-order chi connectivity index (χ1) is 19.6. The number of methoxy groups -OCH3 is 1. The molecular formula is C30H35ClFN3O5S. The highest BCUT2D eigenvalue weighted by molar-refractivity contribution is 7.92. The average molecular weight is 604 g/mol. The highest BCUT2D eigenvalue weighted by Gasteiger charge is 2.34. The maximum absolute atomic E-state index is 14.1. The molecule has 0 bridgehead atoms. The lowest BCUT2D eigenvalue weighted by atomic mass is 10.1. The molecule has 1 atom stereocenters. The molecule has 0 radical (unpaired) electrons. The van der Waals surface area contributed by atoms with E-state index in [0.717, 1.165) is 17.1 Å². The second kappa shape index (κ2) is 14.8. The van der Waals surface area contributed by atoms with Crippen molar-refractivity contribution < 1.29 is 27.1 Å². The summed E-state index contributed by atoms with van der Waals surface area (Å²) in [5.41, 5.74) is 0.650. The van der Waals surface area contributed by atoms with Crippen molar-refractivity contribution in [3.05, 3.63) is 89.2 Å². The number of unbranched alkanes of at least 4 members (excludes halogenated alkanes) is 1. The van der Waals surface area contributed by atoms with Crippen molar-refractivity contribution >= 4 is 39.1 Å². The molecule has 0 saturated heterocycles. The van der Waals surface area contributed by atoms with Crippen molar-refractivity contribution in [3.8, 4) is 5.75 Å².